The van der Waals surface area contributed by atoms with E-state index >= 15 is 0 Å². The highest BCUT2D eigenvalue weighted by atomic mass is 32.2. The fourth-order valence-electron chi connectivity index (χ4n) is 2.99. The van der Waals surface area contributed by atoms with Crippen LogP contribution in [0.2, 0.25) is 0 Å². The number of aryl methyl sites for hydroxylation is 1. The number of nitrogens with one attached hydrogen (secondary N) is 1. The summed E-state index contributed by atoms with van der Waals surface area (Å²) >= 11 is 0. The molecule has 0 spiro atoms. The predicted octanol–water partition coefficient (Wildman–Crippen LogP) is 4.55. The Bertz CT molecular complexity index is 1160. The quantitative estimate of drug-likeness (QED) is 0.665. The van der Waals surface area contributed by atoms with Crippen molar-refractivity contribution >= 4 is 15.9 Å². The fraction of sp³-hybridized carbons (Fsp3) is 0.136. The summed E-state index contributed by atoms with van der Waals surface area (Å²) in [6, 6.07) is 16.5. The molecule has 0 saturated heterocycles. The number of carbonyl (C=O) groups excluding carboxylic acids is 1. The second kappa shape index (κ2) is 8.13. The molecule has 7 heteroatoms. The zero-order chi connectivity index (χ0) is 21.2. The zero-order valence-corrected chi connectivity index (χ0v) is 16.6. The van der Waals surface area contributed by atoms with Gasteiger partial charge < -0.3 is 0 Å². The van der Waals surface area contributed by atoms with Crippen LogP contribution in [0.15, 0.2) is 71.6 Å². The first-order valence-electron chi connectivity index (χ1n) is 8.87. The number of sulfonamides is 1. The van der Waals surface area contributed by atoms with Gasteiger partial charge in [-0.3, -0.25) is 4.79 Å². The van der Waals surface area contributed by atoms with Gasteiger partial charge in [0.05, 0.1) is 10.8 Å². The Morgan fingerprint density at radius 2 is 1.66 bits per heavy atom. The van der Waals surface area contributed by atoms with Crippen molar-refractivity contribution in [3.05, 3.63) is 89.5 Å². The second-order valence-corrected chi connectivity index (χ2v) is 8.36. The van der Waals surface area contributed by atoms with E-state index in [1.807, 2.05) is 10.8 Å². The van der Waals surface area contributed by atoms with Crippen LogP contribution >= 0.6 is 0 Å². The van der Waals surface area contributed by atoms with Crippen LogP contribution in [0.4, 0.5) is 8.78 Å². The highest BCUT2D eigenvalue weighted by Gasteiger charge is 2.25. The molecule has 4 nitrogen and oxygen atoms in total. The van der Waals surface area contributed by atoms with E-state index in [4.69, 9.17) is 0 Å². The molecule has 0 aromatic heterocycles. The van der Waals surface area contributed by atoms with E-state index in [1.54, 1.807) is 36.4 Å². The molecular formula is C22H19F2NO3S. The topological polar surface area (TPSA) is 63.2 Å². The van der Waals surface area contributed by atoms with Crippen LogP contribution < -0.4 is 4.72 Å². The van der Waals surface area contributed by atoms with Crippen molar-refractivity contribution in [1.29, 1.82) is 0 Å². The normalized spacial score (nSPS) is 12.4. The van der Waals surface area contributed by atoms with Crippen molar-refractivity contribution in [3.63, 3.8) is 0 Å². The summed E-state index contributed by atoms with van der Waals surface area (Å²) < 4.78 is 54.8. The maximum Gasteiger partial charge on any atom is 0.264 e. The molecule has 0 radical (unpaired) electrons. The Labute approximate surface area is 168 Å². The van der Waals surface area contributed by atoms with E-state index in [-0.39, 0.29) is 10.5 Å². The van der Waals surface area contributed by atoms with Crippen molar-refractivity contribution < 1.29 is 22.0 Å². The molecule has 1 atom stereocenters. The molecule has 3 aromatic carbocycles. The maximum absolute atomic E-state index is 14.6. The molecule has 0 fully saturated rings. The largest absolute Gasteiger partial charge is 0.273 e. The van der Waals surface area contributed by atoms with Crippen LogP contribution in [0.5, 0.6) is 0 Å². The van der Waals surface area contributed by atoms with Crippen molar-refractivity contribution in [2.75, 3.05) is 0 Å². The van der Waals surface area contributed by atoms with Gasteiger partial charge in [0.15, 0.2) is 0 Å². The lowest BCUT2D eigenvalue weighted by atomic mass is 9.96. The number of amides is 1. The van der Waals surface area contributed by atoms with Gasteiger partial charge in [0.2, 0.25) is 5.91 Å². The lowest BCUT2D eigenvalue weighted by molar-refractivity contribution is -0.120. The van der Waals surface area contributed by atoms with Gasteiger partial charge in [-0.15, -0.1) is 0 Å². The standard InChI is InChI=1S/C22H19F2NO3S/c1-14-12-18(23)9-11-21(14)29(27,28)25-22(26)15(2)17-8-10-19(20(24)13-17)16-6-4-3-5-7-16/h3-13,15H,1-2H3,(H,25,26)/t15-/m1/s1. The van der Waals surface area contributed by atoms with Crippen molar-refractivity contribution in [3.8, 4) is 11.1 Å². The van der Waals surface area contributed by atoms with Gasteiger partial charge in [-0.1, -0.05) is 42.5 Å². The molecule has 0 saturated carbocycles. The first-order chi connectivity index (χ1) is 13.7. The van der Waals surface area contributed by atoms with E-state index in [2.05, 4.69) is 0 Å². The molecule has 150 valence electrons. The monoisotopic (exact) mass is 415 g/mol. The van der Waals surface area contributed by atoms with Crippen LogP contribution in [0, 0.1) is 18.6 Å². The summed E-state index contributed by atoms with van der Waals surface area (Å²) in [4.78, 5) is 12.3. The number of carbonyl (C=O) groups is 1. The average Bonchev–Trinajstić information content (AvgIpc) is 2.67. The molecule has 3 aromatic rings. The van der Waals surface area contributed by atoms with Crippen molar-refractivity contribution in [2.45, 2.75) is 24.7 Å². The Hall–Kier alpha value is -3.06. The molecule has 0 bridgehead atoms. The highest BCUT2D eigenvalue weighted by molar-refractivity contribution is 7.90. The summed E-state index contributed by atoms with van der Waals surface area (Å²) in [7, 11) is -4.18. The number of benzene rings is 3. The first-order valence-corrected chi connectivity index (χ1v) is 10.3. The number of halogens is 2. The molecule has 0 aliphatic rings. The Balaban J connectivity index is 1.82. The van der Waals surface area contributed by atoms with Crippen LogP contribution in [0.25, 0.3) is 11.1 Å². The van der Waals surface area contributed by atoms with Crippen LogP contribution in [0.3, 0.4) is 0 Å². The lowest BCUT2D eigenvalue weighted by Crippen LogP contribution is -2.34. The second-order valence-electron chi connectivity index (χ2n) is 6.71. The Morgan fingerprint density at radius 3 is 2.28 bits per heavy atom. The Morgan fingerprint density at radius 1 is 0.966 bits per heavy atom. The van der Waals surface area contributed by atoms with Gasteiger partial charge in [0.25, 0.3) is 10.0 Å². The summed E-state index contributed by atoms with van der Waals surface area (Å²) in [5.41, 5.74) is 1.60. The smallest absolute Gasteiger partial charge is 0.264 e. The van der Waals surface area contributed by atoms with Gasteiger partial charge >= 0.3 is 0 Å². The van der Waals surface area contributed by atoms with Gasteiger partial charge in [0, 0.05) is 5.56 Å². The van der Waals surface area contributed by atoms with Crippen LogP contribution in [-0.4, -0.2) is 14.3 Å². The molecule has 1 amide bonds. The number of hydrogen-bond acceptors (Lipinski definition) is 3. The average molecular weight is 415 g/mol. The number of hydrogen-bond donors (Lipinski definition) is 1. The van der Waals surface area contributed by atoms with Crippen molar-refractivity contribution in [2.24, 2.45) is 0 Å². The summed E-state index contributed by atoms with van der Waals surface area (Å²) in [6.07, 6.45) is 0. The van der Waals surface area contributed by atoms with E-state index in [1.165, 1.54) is 19.9 Å². The summed E-state index contributed by atoms with van der Waals surface area (Å²) in [6.45, 7) is 2.92. The fourth-order valence-corrected chi connectivity index (χ4v) is 4.28. The third-order valence-corrected chi connectivity index (χ3v) is 6.14. The molecule has 0 unspecified atom stereocenters. The van der Waals surface area contributed by atoms with E-state index < -0.39 is 33.5 Å². The summed E-state index contributed by atoms with van der Waals surface area (Å²) in [5.74, 6) is -2.80. The van der Waals surface area contributed by atoms with Gasteiger partial charge in [-0.25, -0.2) is 21.9 Å². The van der Waals surface area contributed by atoms with Gasteiger partial charge in [0.1, 0.15) is 11.6 Å². The van der Waals surface area contributed by atoms with Gasteiger partial charge in [-0.05, 0) is 54.8 Å². The Kier molecular flexibility index (Phi) is 5.79. The molecule has 29 heavy (non-hydrogen) atoms. The third-order valence-electron chi connectivity index (χ3n) is 4.63. The predicted molar refractivity (Wildman–Crippen MR) is 107 cm³/mol. The maximum atomic E-state index is 14.6. The molecule has 0 aliphatic heterocycles. The minimum absolute atomic E-state index is 0.177. The van der Waals surface area contributed by atoms with E-state index in [0.29, 0.717) is 16.7 Å². The molecule has 0 heterocycles. The van der Waals surface area contributed by atoms with E-state index in [9.17, 15) is 22.0 Å². The van der Waals surface area contributed by atoms with Crippen LogP contribution in [-0.2, 0) is 14.8 Å². The van der Waals surface area contributed by atoms with Crippen LogP contribution in [0.1, 0.15) is 24.0 Å². The van der Waals surface area contributed by atoms with E-state index in [0.717, 1.165) is 18.2 Å². The SMILES string of the molecule is Cc1cc(F)ccc1S(=O)(=O)NC(=O)[C@H](C)c1ccc(-c2ccccc2)c(F)c1. The summed E-state index contributed by atoms with van der Waals surface area (Å²) in [5, 5.41) is 0. The number of rotatable bonds is 5. The molecule has 3 rings (SSSR count). The zero-order valence-electron chi connectivity index (χ0n) is 15.8. The van der Waals surface area contributed by atoms with Crippen molar-refractivity contribution in [1.82, 2.24) is 4.72 Å². The van der Waals surface area contributed by atoms with Gasteiger partial charge in [-0.2, -0.15) is 0 Å². The minimum atomic E-state index is -4.18. The first kappa shape index (κ1) is 20.7. The highest BCUT2D eigenvalue weighted by Crippen LogP contribution is 2.27. The molecular weight excluding hydrogens is 396 g/mol. The molecule has 1 N–H and O–H groups in total. The molecule has 0 aliphatic carbocycles. The lowest BCUT2D eigenvalue weighted by Gasteiger charge is -2.15. The minimum Gasteiger partial charge on any atom is -0.273 e. The third kappa shape index (κ3) is 4.51.